The smallest absolute Gasteiger partial charge is 0.240 e. The van der Waals surface area contributed by atoms with Crippen molar-refractivity contribution < 1.29 is 8.42 Å². The summed E-state index contributed by atoms with van der Waals surface area (Å²) in [6.07, 6.45) is 4.64. The lowest BCUT2D eigenvalue weighted by molar-refractivity contribution is 0.519. The first-order valence-electron chi connectivity index (χ1n) is 6.95. The fourth-order valence-corrected chi connectivity index (χ4v) is 4.01. The first-order valence-corrected chi connectivity index (χ1v) is 8.82. The van der Waals surface area contributed by atoms with E-state index in [0.29, 0.717) is 24.0 Å². The van der Waals surface area contributed by atoms with Gasteiger partial charge in [-0.1, -0.05) is 30.5 Å². The van der Waals surface area contributed by atoms with E-state index in [-0.39, 0.29) is 4.90 Å². The fraction of sp³-hybridized carbons (Fsp3) is 0.571. The minimum Gasteiger partial charge on any atom is -0.316 e. The Labute approximate surface area is 126 Å². The van der Waals surface area contributed by atoms with E-state index < -0.39 is 10.0 Å². The summed E-state index contributed by atoms with van der Waals surface area (Å²) in [4.78, 5) is 0.236. The molecule has 2 rings (SSSR count). The highest BCUT2D eigenvalue weighted by molar-refractivity contribution is 7.89. The Morgan fingerprint density at radius 3 is 2.60 bits per heavy atom. The Morgan fingerprint density at radius 1 is 1.30 bits per heavy atom. The maximum Gasteiger partial charge on any atom is 0.240 e. The average Bonchev–Trinajstić information content (AvgIpc) is 2.92. The molecule has 0 saturated heterocycles. The minimum absolute atomic E-state index is 0.236. The number of rotatable bonds is 6. The lowest BCUT2D eigenvalue weighted by atomic mass is 10.1. The zero-order valence-electron chi connectivity index (χ0n) is 11.7. The van der Waals surface area contributed by atoms with E-state index in [1.807, 2.05) is 7.05 Å². The van der Waals surface area contributed by atoms with Crippen LogP contribution in [0, 0.1) is 5.92 Å². The quantitative estimate of drug-likeness (QED) is 0.848. The van der Waals surface area contributed by atoms with Gasteiger partial charge in [-0.15, -0.1) is 0 Å². The monoisotopic (exact) mass is 316 g/mol. The predicted molar refractivity (Wildman–Crippen MR) is 81.4 cm³/mol. The lowest BCUT2D eigenvalue weighted by Gasteiger charge is -2.12. The van der Waals surface area contributed by atoms with Crippen LogP contribution in [0.3, 0.4) is 0 Å². The highest BCUT2D eigenvalue weighted by Gasteiger charge is 2.20. The second-order valence-electron chi connectivity index (χ2n) is 5.29. The van der Waals surface area contributed by atoms with Gasteiger partial charge < -0.3 is 5.32 Å². The maximum atomic E-state index is 12.2. The summed E-state index contributed by atoms with van der Waals surface area (Å²) in [5.74, 6) is 0.476. The van der Waals surface area contributed by atoms with Crippen molar-refractivity contribution in [3.63, 3.8) is 0 Å². The Bertz CT molecular complexity index is 554. The normalized spacial score (nSPS) is 16.7. The molecule has 1 aromatic carbocycles. The van der Waals surface area contributed by atoms with Gasteiger partial charge in [-0.05, 0) is 43.5 Å². The van der Waals surface area contributed by atoms with Crippen molar-refractivity contribution in [2.24, 2.45) is 5.92 Å². The SMILES string of the molecule is CNCc1ccc(S(=O)(=O)NCC2CCCC2)cc1Cl. The molecular formula is C14H21ClN2O2S. The molecule has 1 fully saturated rings. The van der Waals surface area contributed by atoms with Gasteiger partial charge in [0.25, 0.3) is 0 Å². The second kappa shape index (κ2) is 6.89. The largest absolute Gasteiger partial charge is 0.316 e. The van der Waals surface area contributed by atoms with E-state index in [0.717, 1.165) is 18.4 Å². The Kier molecular flexibility index (Phi) is 5.43. The molecule has 0 heterocycles. The molecule has 0 atom stereocenters. The van der Waals surface area contributed by atoms with E-state index in [4.69, 9.17) is 11.6 Å². The van der Waals surface area contributed by atoms with E-state index >= 15 is 0 Å². The molecule has 0 bridgehead atoms. The first-order chi connectivity index (χ1) is 9.53. The van der Waals surface area contributed by atoms with Crippen molar-refractivity contribution in [1.82, 2.24) is 10.0 Å². The molecule has 0 amide bonds. The van der Waals surface area contributed by atoms with Crippen LogP contribution in [0.25, 0.3) is 0 Å². The van der Waals surface area contributed by atoms with Gasteiger partial charge >= 0.3 is 0 Å². The van der Waals surface area contributed by atoms with Gasteiger partial charge in [0.1, 0.15) is 0 Å². The number of benzene rings is 1. The Balaban J connectivity index is 2.06. The van der Waals surface area contributed by atoms with Crippen LogP contribution in [-0.2, 0) is 16.6 Å². The van der Waals surface area contributed by atoms with Gasteiger partial charge in [0.05, 0.1) is 4.90 Å². The molecule has 0 aliphatic heterocycles. The highest BCUT2D eigenvalue weighted by atomic mass is 35.5. The van der Waals surface area contributed by atoms with Crippen LogP contribution in [0.15, 0.2) is 23.1 Å². The van der Waals surface area contributed by atoms with Crippen LogP contribution in [0.4, 0.5) is 0 Å². The standard InChI is InChI=1S/C14H21ClN2O2S/c1-16-10-12-6-7-13(8-14(12)15)20(18,19)17-9-11-4-2-3-5-11/h6-8,11,16-17H,2-5,9-10H2,1H3. The van der Waals surface area contributed by atoms with Crippen molar-refractivity contribution in [2.45, 2.75) is 37.1 Å². The van der Waals surface area contributed by atoms with Gasteiger partial charge in [-0.3, -0.25) is 0 Å². The van der Waals surface area contributed by atoms with E-state index in [1.165, 1.54) is 18.9 Å². The van der Waals surface area contributed by atoms with Crippen LogP contribution in [0.1, 0.15) is 31.2 Å². The maximum absolute atomic E-state index is 12.2. The second-order valence-corrected chi connectivity index (χ2v) is 7.46. The molecule has 6 heteroatoms. The lowest BCUT2D eigenvalue weighted by Crippen LogP contribution is -2.28. The summed E-state index contributed by atoms with van der Waals surface area (Å²) in [6.45, 7) is 1.15. The molecule has 2 N–H and O–H groups in total. The number of nitrogens with one attached hydrogen (secondary N) is 2. The summed E-state index contributed by atoms with van der Waals surface area (Å²) < 4.78 is 27.1. The van der Waals surface area contributed by atoms with Gasteiger partial charge in [0, 0.05) is 18.1 Å². The van der Waals surface area contributed by atoms with Crippen molar-refractivity contribution in [3.05, 3.63) is 28.8 Å². The Morgan fingerprint density at radius 2 is 2.00 bits per heavy atom. The molecule has 112 valence electrons. The topological polar surface area (TPSA) is 58.2 Å². The molecule has 4 nitrogen and oxygen atoms in total. The van der Waals surface area contributed by atoms with Crippen molar-refractivity contribution >= 4 is 21.6 Å². The predicted octanol–water partition coefficient (Wildman–Crippen LogP) is 2.53. The van der Waals surface area contributed by atoms with Crippen LogP contribution in [-0.4, -0.2) is 22.0 Å². The first kappa shape index (κ1) is 15.8. The van der Waals surface area contributed by atoms with Crippen LogP contribution >= 0.6 is 11.6 Å². The van der Waals surface area contributed by atoms with Gasteiger partial charge in [0.15, 0.2) is 0 Å². The summed E-state index contributed by atoms with van der Waals surface area (Å²) in [5, 5.41) is 3.47. The molecule has 0 aromatic heterocycles. The van der Waals surface area contributed by atoms with E-state index in [9.17, 15) is 8.42 Å². The molecule has 1 aliphatic carbocycles. The van der Waals surface area contributed by atoms with Gasteiger partial charge in [0.2, 0.25) is 10.0 Å². The third kappa shape index (κ3) is 3.95. The highest BCUT2D eigenvalue weighted by Crippen LogP contribution is 2.25. The number of sulfonamides is 1. The minimum atomic E-state index is -3.46. The molecule has 1 aliphatic rings. The molecule has 0 radical (unpaired) electrons. The molecule has 1 aromatic rings. The summed E-state index contributed by atoms with van der Waals surface area (Å²) in [7, 11) is -1.63. The van der Waals surface area contributed by atoms with Gasteiger partial charge in [-0.2, -0.15) is 0 Å². The van der Waals surface area contributed by atoms with E-state index in [1.54, 1.807) is 12.1 Å². The zero-order chi connectivity index (χ0) is 14.6. The van der Waals surface area contributed by atoms with Crippen molar-refractivity contribution in [2.75, 3.05) is 13.6 Å². The third-order valence-electron chi connectivity index (χ3n) is 3.74. The summed E-state index contributed by atoms with van der Waals surface area (Å²) in [6, 6.07) is 4.88. The summed E-state index contributed by atoms with van der Waals surface area (Å²) in [5.41, 5.74) is 0.893. The Hall–Kier alpha value is -0.620. The average molecular weight is 317 g/mol. The number of halogens is 1. The van der Waals surface area contributed by atoms with Crippen LogP contribution in [0.2, 0.25) is 5.02 Å². The van der Waals surface area contributed by atoms with Crippen LogP contribution < -0.4 is 10.0 Å². The van der Waals surface area contributed by atoms with Crippen molar-refractivity contribution in [3.8, 4) is 0 Å². The molecule has 0 unspecified atom stereocenters. The molecule has 1 saturated carbocycles. The van der Waals surface area contributed by atoms with Gasteiger partial charge in [-0.25, -0.2) is 13.1 Å². The van der Waals surface area contributed by atoms with Crippen LogP contribution in [0.5, 0.6) is 0 Å². The molecule has 20 heavy (non-hydrogen) atoms. The molecular weight excluding hydrogens is 296 g/mol. The fourth-order valence-electron chi connectivity index (χ4n) is 2.55. The number of hydrogen-bond acceptors (Lipinski definition) is 3. The van der Waals surface area contributed by atoms with Crippen molar-refractivity contribution in [1.29, 1.82) is 0 Å². The zero-order valence-corrected chi connectivity index (χ0v) is 13.2. The molecule has 0 spiro atoms. The van der Waals surface area contributed by atoms with E-state index in [2.05, 4.69) is 10.0 Å². The summed E-state index contributed by atoms with van der Waals surface area (Å²) >= 11 is 6.11. The number of hydrogen-bond donors (Lipinski definition) is 2. The third-order valence-corrected chi connectivity index (χ3v) is 5.51.